The summed E-state index contributed by atoms with van der Waals surface area (Å²) in [5.74, 6) is 0. The van der Waals surface area contributed by atoms with Crippen LogP contribution in [-0.2, 0) is 0 Å². The molecule has 74 valence electrons. The van der Waals surface area contributed by atoms with Gasteiger partial charge >= 0.3 is 0 Å². The zero-order valence-electron chi connectivity index (χ0n) is 9.91. The average molecular weight is 163 g/mol. The van der Waals surface area contributed by atoms with E-state index in [2.05, 4.69) is 19.2 Å². The van der Waals surface area contributed by atoms with Crippen LogP contribution in [0.2, 0.25) is 0 Å². The summed E-state index contributed by atoms with van der Waals surface area (Å²) in [5, 5.41) is 3.11. The van der Waals surface area contributed by atoms with Gasteiger partial charge in [-0.1, -0.05) is 55.4 Å². The van der Waals surface area contributed by atoms with Gasteiger partial charge in [-0.25, -0.2) is 0 Å². The molecule has 1 heteroatoms. The molecular weight excluding hydrogens is 134 g/mol. The van der Waals surface area contributed by atoms with E-state index < -0.39 is 0 Å². The molecule has 0 saturated heterocycles. The zero-order valence-corrected chi connectivity index (χ0v) is 9.91. The van der Waals surface area contributed by atoms with Crippen molar-refractivity contribution in [2.75, 3.05) is 13.1 Å². The van der Waals surface area contributed by atoms with Crippen LogP contribution in [0.15, 0.2) is 0 Å². The van der Waals surface area contributed by atoms with Gasteiger partial charge in [-0.15, -0.1) is 0 Å². The summed E-state index contributed by atoms with van der Waals surface area (Å²) in [6.07, 6.45) is 0. The summed E-state index contributed by atoms with van der Waals surface area (Å²) in [4.78, 5) is 0. The molecule has 0 rings (SSSR count). The van der Waals surface area contributed by atoms with E-state index in [1.165, 1.54) is 0 Å². The predicted molar refractivity (Wildman–Crippen MR) is 58.3 cm³/mol. The first-order valence-corrected chi connectivity index (χ1v) is 5.12. The molecule has 1 N–H and O–H groups in total. The summed E-state index contributed by atoms with van der Waals surface area (Å²) in [6, 6.07) is 0. The standard InChI is InChI=1S/C4H11N.3C2H6/c1-3-5-4-2;3*1-2/h5H,3-4H2,1-2H3;3*1-2H3. The average Bonchev–Trinajstić information content (AvgIpc) is 2.16. The van der Waals surface area contributed by atoms with Crippen LogP contribution in [0.3, 0.4) is 0 Å². The lowest BCUT2D eigenvalue weighted by atomic mass is 10.7. The Kier molecular flexibility index (Phi) is 186. The summed E-state index contributed by atoms with van der Waals surface area (Å²) in [5.41, 5.74) is 0. The van der Waals surface area contributed by atoms with Gasteiger partial charge in [-0.2, -0.15) is 0 Å². The second kappa shape index (κ2) is 91.3. The normalized spacial score (nSPS) is 5.45. The Balaban J connectivity index is -0.0000000350. The Morgan fingerprint density at radius 3 is 0.818 bits per heavy atom. The maximum atomic E-state index is 3.11. The topological polar surface area (TPSA) is 12.0 Å². The van der Waals surface area contributed by atoms with Crippen LogP contribution in [-0.4, -0.2) is 13.1 Å². The van der Waals surface area contributed by atoms with Gasteiger partial charge in [0, 0.05) is 0 Å². The molecule has 0 amide bonds. The molecule has 0 bridgehead atoms. The zero-order chi connectivity index (χ0) is 10.1. The molecule has 0 aliphatic carbocycles. The largest absolute Gasteiger partial charge is 0.317 e. The molecule has 0 heterocycles. The highest BCUT2D eigenvalue weighted by Gasteiger charge is 1.62. The van der Waals surface area contributed by atoms with Gasteiger partial charge in [0.25, 0.3) is 0 Å². The van der Waals surface area contributed by atoms with E-state index in [-0.39, 0.29) is 0 Å². The predicted octanol–water partition coefficient (Wildman–Crippen LogP) is 3.69. The fraction of sp³-hybridized carbons (Fsp3) is 1.00. The summed E-state index contributed by atoms with van der Waals surface area (Å²) in [7, 11) is 0. The first kappa shape index (κ1) is 22.4. The van der Waals surface area contributed by atoms with Crippen molar-refractivity contribution in [2.45, 2.75) is 55.4 Å². The van der Waals surface area contributed by atoms with Crippen molar-refractivity contribution in [3.8, 4) is 0 Å². The van der Waals surface area contributed by atoms with Gasteiger partial charge in [0.1, 0.15) is 0 Å². The smallest absolute Gasteiger partial charge is 0.00775 e. The Hall–Kier alpha value is -0.0400. The third-order valence-electron chi connectivity index (χ3n) is 0.500. The van der Waals surface area contributed by atoms with Gasteiger partial charge in [-0.05, 0) is 13.1 Å². The van der Waals surface area contributed by atoms with Crippen LogP contribution in [0.1, 0.15) is 55.4 Å². The highest BCUT2D eigenvalue weighted by atomic mass is 14.8. The lowest BCUT2D eigenvalue weighted by Crippen LogP contribution is -2.09. The molecule has 0 aromatic carbocycles. The second-order valence-electron chi connectivity index (χ2n) is 0.957. The van der Waals surface area contributed by atoms with Crippen LogP contribution in [0.25, 0.3) is 0 Å². The number of hydrogen-bond acceptors (Lipinski definition) is 1. The molecule has 0 atom stereocenters. The van der Waals surface area contributed by atoms with Crippen molar-refractivity contribution >= 4 is 0 Å². The summed E-state index contributed by atoms with van der Waals surface area (Å²) in [6.45, 7) is 18.4. The fourth-order valence-corrected chi connectivity index (χ4v) is 0.250. The molecule has 0 aromatic heterocycles. The highest BCUT2D eigenvalue weighted by Crippen LogP contribution is 1.47. The second-order valence-corrected chi connectivity index (χ2v) is 0.957. The van der Waals surface area contributed by atoms with E-state index >= 15 is 0 Å². The molecule has 11 heavy (non-hydrogen) atoms. The molecule has 0 radical (unpaired) electrons. The molecule has 0 spiro atoms. The molecular formula is C10H29N. The Morgan fingerprint density at radius 1 is 0.636 bits per heavy atom. The van der Waals surface area contributed by atoms with E-state index in [4.69, 9.17) is 0 Å². The lowest BCUT2D eigenvalue weighted by Gasteiger charge is -1.86. The number of rotatable bonds is 2. The van der Waals surface area contributed by atoms with Crippen LogP contribution in [0.4, 0.5) is 0 Å². The molecule has 0 aromatic rings. The van der Waals surface area contributed by atoms with Gasteiger partial charge < -0.3 is 5.32 Å². The number of hydrogen-bond donors (Lipinski definition) is 1. The first-order chi connectivity index (χ1) is 5.41. The minimum absolute atomic E-state index is 1.09. The van der Waals surface area contributed by atoms with Gasteiger partial charge in [-0.3, -0.25) is 0 Å². The molecule has 1 nitrogen and oxygen atoms in total. The Bertz CT molecular complexity index is 12.3. The molecule has 0 aliphatic rings. The van der Waals surface area contributed by atoms with Crippen molar-refractivity contribution in [3.63, 3.8) is 0 Å². The van der Waals surface area contributed by atoms with E-state index in [0.29, 0.717) is 0 Å². The van der Waals surface area contributed by atoms with Crippen LogP contribution in [0.5, 0.6) is 0 Å². The van der Waals surface area contributed by atoms with Gasteiger partial charge in [0.2, 0.25) is 0 Å². The summed E-state index contributed by atoms with van der Waals surface area (Å²) >= 11 is 0. The number of nitrogens with one attached hydrogen (secondary N) is 1. The van der Waals surface area contributed by atoms with Crippen molar-refractivity contribution in [3.05, 3.63) is 0 Å². The van der Waals surface area contributed by atoms with E-state index in [1.54, 1.807) is 0 Å². The van der Waals surface area contributed by atoms with Crippen LogP contribution < -0.4 is 5.32 Å². The van der Waals surface area contributed by atoms with Crippen molar-refractivity contribution in [2.24, 2.45) is 0 Å². The summed E-state index contributed by atoms with van der Waals surface area (Å²) < 4.78 is 0. The SMILES string of the molecule is CC.CC.CC.CCNCC. The van der Waals surface area contributed by atoms with Crippen LogP contribution in [0, 0.1) is 0 Å². The maximum absolute atomic E-state index is 3.11. The molecule has 0 fully saturated rings. The van der Waals surface area contributed by atoms with E-state index in [9.17, 15) is 0 Å². The van der Waals surface area contributed by atoms with Crippen molar-refractivity contribution in [1.29, 1.82) is 0 Å². The Labute approximate surface area is 74.6 Å². The lowest BCUT2D eigenvalue weighted by molar-refractivity contribution is 0.762. The Morgan fingerprint density at radius 2 is 0.818 bits per heavy atom. The third-order valence-corrected chi connectivity index (χ3v) is 0.500. The fourth-order valence-electron chi connectivity index (χ4n) is 0.250. The molecule has 0 unspecified atom stereocenters. The maximum Gasteiger partial charge on any atom is -0.00775 e. The van der Waals surface area contributed by atoms with Gasteiger partial charge in [0.15, 0.2) is 0 Å². The third kappa shape index (κ3) is 164. The minimum Gasteiger partial charge on any atom is -0.317 e. The monoisotopic (exact) mass is 163 g/mol. The van der Waals surface area contributed by atoms with E-state index in [1.807, 2.05) is 41.5 Å². The highest BCUT2D eigenvalue weighted by molar-refractivity contribution is 4.27. The van der Waals surface area contributed by atoms with Crippen LogP contribution >= 0.6 is 0 Å². The molecule has 0 aliphatic heterocycles. The quantitative estimate of drug-likeness (QED) is 0.654. The minimum atomic E-state index is 1.09. The van der Waals surface area contributed by atoms with E-state index in [0.717, 1.165) is 13.1 Å². The van der Waals surface area contributed by atoms with Crippen molar-refractivity contribution in [1.82, 2.24) is 5.32 Å². The van der Waals surface area contributed by atoms with Gasteiger partial charge in [0.05, 0.1) is 0 Å². The first-order valence-electron chi connectivity index (χ1n) is 5.12. The molecule has 0 saturated carbocycles. The van der Waals surface area contributed by atoms with Crippen molar-refractivity contribution < 1.29 is 0 Å².